The van der Waals surface area contributed by atoms with Crippen molar-refractivity contribution in [2.75, 3.05) is 5.73 Å². The fraction of sp³-hybridized carbons (Fsp3) is 0.533. The molecule has 4 N–H and O–H groups in total. The summed E-state index contributed by atoms with van der Waals surface area (Å²) in [6.07, 6.45) is 1.62. The summed E-state index contributed by atoms with van der Waals surface area (Å²) < 4.78 is 44.1. The summed E-state index contributed by atoms with van der Waals surface area (Å²) in [7, 11) is 0. The van der Waals surface area contributed by atoms with Crippen molar-refractivity contribution in [1.29, 1.82) is 0 Å². The molecule has 2 fully saturated rings. The predicted octanol–water partition coefficient (Wildman–Crippen LogP) is 4.81. The van der Waals surface area contributed by atoms with Crippen molar-refractivity contribution < 1.29 is 27.9 Å². The Bertz CT molecular complexity index is 1560. The Morgan fingerprint density at radius 2 is 1.83 bits per heavy atom. The first-order valence-corrected chi connectivity index (χ1v) is 14.5. The van der Waals surface area contributed by atoms with Gasteiger partial charge in [-0.2, -0.15) is 13.2 Å². The van der Waals surface area contributed by atoms with E-state index in [-0.39, 0.29) is 58.4 Å². The van der Waals surface area contributed by atoms with Gasteiger partial charge in [0.25, 0.3) is 11.8 Å². The lowest BCUT2D eigenvalue weighted by molar-refractivity contribution is -0.137. The molecule has 1 atom stereocenters. The summed E-state index contributed by atoms with van der Waals surface area (Å²) in [4.78, 5) is 32.6. The molecule has 3 aliphatic rings. The average Bonchev–Trinajstić information content (AvgIpc) is 3.64. The van der Waals surface area contributed by atoms with E-state index in [2.05, 4.69) is 15.4 Å². The van der Waals surface area contributed by atoms with E-state index in [4.69, 9.17) is 5.73 Å². The number of alkyl halides is 3. The number of nitrogens with two attached hydrogens (primary N) is 1. The number of nitrogens with zero attached hydrogens (tertiary/aromatic N) is 4. The average molecular weight is 585 g/mol. The molecule has 3 heterocycles. The molecule has 1 aliphatic heterocycles. The summed E-state index contributed by atoms with van der Waals surface area (Å²) in [5, 5.41) is 17.5. The van der Waals surface area contributed by atoms with Gasteiger partial charge in [0, 0.05) is 30.4 Å². The van der Waals surface area contributed by atoms with Crippen molar-refractivity contribution in [3.05, 3.63) is 46.6 Å². The second-order valence-corrected chi connectivity index (χ2v) is 12.6. The first-order valence-electron chi connectivity index (χ1n) is 14.5. The maximum absolute atomic E-state index is 14.3. The van der Waals surface area contributed by atoms with Gasteiger partial charge in [-0.25, -0.2) is 9.50 Å². The van der Waals surface area contributed by atoms with Crippen molar-refractivity contribution >= 4 is 23.3 Å². The van der Waals surface area contributed by atoms with E-state index >= 15 is 0 Å². The zero-order valence-corrected chi connectivity index (χ0v) is 23.8. The van der Waals surface area contributed by atoms with Crippen LogP contribution >= 0.6 is 0 Å². The highest BCUT2D eigenvalue weighted by Gasteiger charge is 2.44. The van der Waals surface area contributed by atoms with Gasteiger partial charge in [-0.3, -0.25) is 9.59 Å². The molecule has 0 saturated heterocycles. The van der Waals surface area contributed by atoms with E-state index in [1.807, 2.05) is 6.92 Å². The van der Waals surface area contributed by atoms with Crippen molar-refractivity contribution in [3.8, 4) is 11.3 Å². The third-order valence-electron chi connectivity index (χ3n) is 9.23. The van der Waals surface area contributed by atoms with Crippen LogP contribution in [0.3, 0.4) is 0 Å². The highest BCUT2D eigenvalue weighted by Crippen LogP contribution is 2.43. The van der Waals surface area contributed by atoms with Crippen molar-refractivity contribution in [2.45, 2.75) is 89.7 Å². The van der Waals surface area contributed by atoms with Crippen LogP contribution in [0.4, 0.5) is 19.0 Å². The van der Waals surface area contributed by atoms with E-state index in [0.29, 0.717) is 24.3 Å². The Labute approximate surface area is 241 Å². The summed E-state index contributed by atoms with van der Waals surface area (Å²) in [5.41, 5.74) is 4.93. The molecule has 9 nitrogen and oxygen atoms in total. The van der Waals surface area contributed by atoms with Crippen LogP contribution in [-0.4, -0.2) is 54.1 Å². The predicted molar refractivity (Wildman–Crippen MR) is 149 cm³/mol. The van der Waals surface area contributed by atoms with E-state index in [9.17, 15) is 27.9 Å². The summed E-state index contributed by atoms with van der Waals surface area (Å²) >= 11 is 0. The molecule has 2 aromatic heterocycles. The number of anilines is 1. The number of nitrogen functional groups attached to an aromatic ring is 1. The van der Waals surface area contributed by atoms with E-state index in [0.717, 1.165) is 31.7 Å². The zero-order chi connectivity index (χ0) is 30.1. The number of nitrogens with one attached hydrogen (secondary N) is 1. The fourth-order valence-electron chi connectivity index (χ4n) is 6.54. The molecule has 3 aromatic rings. The molecule has 2 aliphatic carbocycles. The molecule has 224 valence electrons. The minimum Gasteiger partial charge on any atom is -0.390 e. The lowest BCUT2D eigenvalue weighted by Gasteiger charge is -2.36. The van der Waals surface area contributed by atoms with Crippen LogP contribution in [-0.2, 0) is 12.7 Å². The number of carbonyl (C=O) groups excluding carboxylic acids is 2. The monoisotopic (exact) mass is 584 g/mol. The maximum Gasteiger partial charge on any atom is 0.417 e. The molecule has 1 unspecified atom stereocenters. The quantitative estimate of drug-likeness (QED) is 0.382. The number of benzene rings is 1. The number of amides is 2. The Morgan fingerprint density at radius 3 is 2.45 bits per heavy atom. The van der Waals surface area contributed by atoms with E-state index in [1.165, 1.54) is 21.7 Å². The molecule has 0 radical (unpaired) electrons. The van der Waals surface area contributed by atoms with Gasteiger partial charge >= 0.3 is 6.18 Å². The van der Waals surface area contributed by atoms with E-state index in [1.54, 1.807) is 19.9 Å². The number of rotatable bonds is 6. The number of halogens is 3. The topological polar surface area (TPSA) is 126 Å². The van der Waals surface area contributed by atoms with Gasteiger partial charge in [-0.15, -0.1) is 5.10 Å². The lowest BCUT2D eigenvalue weighted by Crippen LogP contribution is -2.41. The number of fused-ring (bicyclic) bond motifs is 2. The molecule has 1 aromatic carbocycles. The second-order valence-electron chi connectivity index (χ2n) is 12.6. The van der Waals surface area contributed by atoms with Gasteiger partial charge in [-0.1, -0.05) is 0 Å². The third kappa shape index (κ3) is 5.10. The highest BCUT2D eigenvalue weighted by atomic mass is 19.4. The molecule has 42 heavy (non-hydrogen) atoms. The molecular weight excluding hydrogens is 549 g/mol. The third-order valence-corrected chi connectivity index (χ3v) is 9.23. The van der Waals surface area contributed by atoms with Gasteiger partial charge in [-0.05, 0) is 94.9 Å². The molecule has 0 spiro atoms. The lowest BCUT2D eigenvalue weighted by atomic mass is 9.77. The van der Waals surface area contributed by atoms with Gasteiger partial charge in [0.05, 0.1) is 22.4 Å². The van der Waals surface area contributed by atoms with Crippen LogP contribution in [0.1, 0.15) is 91.1 Å². The first-order chi connectivity index (χ1) is 19.7. The van der Waals surface area contributed by atoms with Crippen LogP contribution in [0.5, 0.6) is 0 Å². The number of carbonyl (C=O) groups is 2. The summed E-state index contributed by atoms with van der Waals surface area (Å²) in [5.74, 6) is -0.632. The maximum atomic E-state index is 14.3. The number of hydrogen-bond acceptors (Lipinski definition) is 6. The van der Waals surface area contributed by atoms with Crippen LogP contribution in [0.15, 0.2) is 24.4 Å². The Balaban J connectivity index is 1.31. The standard InChI is InChI=1S/C30H35F3N6O3/c1-15(16-4-5-16)38-14-18-12-17(13-21(30(31,32)33)23(18)28(38)41)22-10-11-39-26(36-22)24(25(34)37-39)27(40)35-20-8-6-19(7-9-20)29(2,3)42/h10-13,15-16,19-20,42H,4-9,14H2,1-3H3,(H2,34,37)(H,35,40). The number of hydrogen-bond donors (Lipinski definition) is 3. The van der Waals surface area contributed by atoms with Crippen molar-refractivity contribution in [1.82, 2.24) is 24.8 Å². The normalized spacial score (nSPS) is 22.0. The van der Waals surface area contributed by atoms with Gasteiger partial charge in [0.2, 0.25) is 0 Å². The fourth-order valence-corrected chi connectivity index (χ4v) is 6.54. The van der Waals surface area contributed by atoms with Crippen molar-refractivity contribution in [3.63, 3.8) is 0 Å². The van der Waals surface area contributed by atoms with E-state index < -0.39 is 29.2 Å². The summed E-state index contributed by atoms with van der Waals surface area (Å²) in [6, 6.07) is 3.81. The van der Waals surface area contributed by atoms with Crippen LogP contribution in [0.2, 0.25) is 0 Å². The first kappa shape index (κ1) is 28.4. The smallest absolute Gasteiger partial charge is 0.390 e. The SMILES string of the molecule is CC(C1CC1)N1Cc2cc(-c3ccn4nc(N)c(C(=O)NC5CCC(C(C)(C)O)CC5)c4n3)cc(C(F)(F)F)c2C1=O. The molecule has 2 amide bonds. The van der Waals surface area contributed by atoms with Gasteiger partial charge in [0.15, 0.2) is 11.5 Å². The molecule has 6 rings (SSSR count). The Morgan fingerprint density at radius 1 is 1.14 bits per heavy atom. The molecule has 2 saturated carbocycles. The molecule has 0 bridgehead atoms. The largest absolute Gasteiger partial charge is 0.417 e. The zero-order valence-electron chi connectivity index (χ0n) is 23.8. The van der Waals surface area contributed by atoms with Crippen LogP contribution in [0.25, 0.3) is 16.9 Å². The van der Waals surface area contributed by atoms with Gasteiger partial charge < -0.3 is 21.1 Å². The second kappa shape index (κ2) is 9.96. The number of aromatic nitrogens is 3. The number of aliphatic hydroxyl groups is 1. The molecule has 12 heteroatoms. The minimum absolute atomic E-state index is 0.0393. The van der Waals surface area contributed by atoms with Crippen molar-refractivity contribution in [2.24, 2.45) is 11.8 Å². The van der Waals surface area contributed by atoms with Gasteiger partial charge in [0.1, 0.15) is 5.56 Å². The highest BCUT2D eigenvalue weighted by molar-refractivity contribution is 6.04. The Kier molecular flexibility index (Phi) is 6.75. The molecular formula is C30H35F3N6O3. The van der Waals surface area contributed by atoms with Crippen LogP contribution < -0.4 is 11.1 Å². The Hall–Kier alpha value is -3.67. The van der Waals surface area contributed by atoms with Crippen LogP contribution in [0, 0.1) is 11.8 Å². The summed E-state index contributed by atoms with van der Waals surface area (Å²) in [6.45, 7) is 5.58. The minimum atomic E-state index is -4.74.